The van der Waals surface area contributed by atoms with Crippen molar-refractivity contribution in [3.05, 3.63) is 0 Å². The average Bonchev–Trinajstić information content (AvgIpc) is 2.72. The van der Waals surface area contributed by atoms with E-state index in [2.05, 4.69) is 9.98 Å². The van der Waals surface area contributed by atoms with Gasteiger partial charge in [0.15, 0.2) is 11.9 Å². The Labute approximate surface area is 205 Å². The van der Waals surface area contributed by atoms with Crippen LogP contribution < -0.4 is 34.4 Å². The lowest BCUT2D eigenvalue weighted by molar-refractivity contribution is -0.149. The number of hydrogen-bond acceptors (Lipinski definition) is 9. The van der Waals surface area contributed by atoms with Crippen molar-refractivity contribution in [2.75, 3.05) is 13.1 Å². The van der Waals surface area contributed by atoms with Crippen molar-refractivity contribution in [3.63, 3.8) is 0 Å². The lowest BCUT2D eigenvalue weighted by Gasteiger charge is -2.03. The fourth-order valence-electron chi connectivity index (χ4n) is 1.61. The molecule has 0 aliphatic rings. The molecule has 0 spiro atoms. The number of carboxylic acid groups (broad SMARTS) is 4. The highest BCUT2D eigenvalue weighted by Gasteiger charge is 2.12. The van der Waals surface area contributed by atoms with Gasteiger partial charge in [0.05, 0.1) is 6.42 Å². The van der Waals surface area contributed by atoms with Gasteiger partial charge in [-0.1, -0.05) is 0 Å². The molecule has 0 aromatic carbocycles. The molecule has 0 aromatic rings. The zero-order valence-electron chi connectivity index (χ0n) is 19.5. The van der Waals surface area contributed by atoms with Crippen molar-refractivity contribution < 1.29 is 55.4 Å². The van der Waals surface area contributed by atoms with E-state index in [1.165, 1.54) is 0 Å². The Kier molecular flexibility index (Phi) is 29.9. The molecule has 0 aliphatic heterocycles. The summed E-state index contributed by atoms with van der Waals surface area (Å²) < 4.78 is 0. The van der Waals surface area contributed by atoms with Crippen molar-refractivity contribution in [2.24, 2.45) is 44.4 Å². The summed E-state index contributed by atoms with van der Waals surface area (Å²) in [6.45, 7) is 0.840. The topological polar surface area (TPSA) is 410 Å². The number of carboxylic acids is 4. The predicted octanol–water partition coefficient (Wildman–Crippen LogP) is -5.24. The van der Waals surface area contributed by atoms with Crippen LogP contribution in [0.15, 0.2) is 9.98 Å². The van der Waals surface area contributed by atoms with Crippen LogP contribution in [0.3, 0.4) is 0 Å². The third-order valence-electron chi connectivity index (χ3n) is 3.37. The normalized spacial score (nSPS) is 10.5. The summed E-state index contributed by atoms with van der Waals surface area (Å²) >= 11 is 0. The molecular formula is C17H38N8O11. The van der Waals surface area contributed by atoms with Gasteiger partial charge in [0, 0.05) is 19.5 Å². The minimum atomic E-state index is -1.58. The highest BCUT2D eigenvalue weighted by atomic mass is 16.4. The summed E-state index contributed by atoms with van der Waals surface area (Å²) in [5, 5.41) is 32.7. The molecule has 0 fully saturated rings. The molecule has 0 radical (unpaired) electrons. The average molecular weight is 531 g/mol. The minimum Gasteiger partial charge on any atom is -0.481 e. The van der Waals surface area contributed by atoms with Gasteiger partial charge >= 0.3 is 23.9 Å². The zero-order chi connectivity index (χ0) is 27.3. The molecule has 19 nitrogen and oxygen atoms in total. The molecule has 36 heavy (non-hydrogen) atoms. The summed E-state index contributed by atoms with van der Waals surface area (Å²) in [7, 11) is 0. The minimum absolute atomic E-state index is 0. The van der Waals surface area contributed by atoms with Gasteiger partial charge in [0.1, 0.15) is 12.1 Å². The summed E-state index contributed by atoms with van der Waals surface area (Å²) in [5.74, 6) is -5.80. The SMILES string of the molecule is NC(N)=NCCCC(N)C(=O)O.NC(N)=NCCCC(N)C(=O)O.O.O.O=C(O)CCC(=O)C(=O)O. The molecular weight excluding hydrogens is 492 g/mol. The number of Topliss-reactive ketones (excluding diaryl/α,β-unsaturated/α-hetero) is 1. The molecule has 0 bridgehead atoms. The van der Waals surface area contributed by atoms with Crippen LogP contribution >= 0.6 is 0 Å². The van der Waals surface area contributed by atoms with E-state index in [4.69, 9.17) is 54.8 Å². The van der Waals surface area contributed by atoms with E-state index >= 15 is 0 Å². The third kappa shape index (κ3) is 34.5. The summed E-state index contributed by atoms with van der Waals surface area (Å²) in [5.41, 5.74) is 30.6. The molecule has 20 N–H and O–H groups in total. The van der Waals surface area contributed by atoms with Crippen molar-refractivity contribution in [1.29, 1.82) is 0 Å². The maximum Gasteiger partial charge on any atom is 0.372 e. The number of rotatable bonds is 14. The summed E-state index contributed by atoms with van der Waals surface area (Å²) in [6.07, 6.45) is 1.05. The summed E-state index contributed by atoms with van der Waals surface area (Å²) in [4.78, 5) is 57.5. The van der Waals surface area contributed by atoms with Gasteiger partial charge in [0.2, 0.25) is 5.78 Å². The van der Waals surface area contributed by atoms with Gasteiger partial charge in [-0.05, 0) is 25.7 Å². The van der Waals surface area contributed by atoms with Crippen LogP contribution in [0.25, 0.3) is 0 Å². The molecule has 19 heteroatoms. The number of aliphatic imine (C=N–C) groups is 2. The highest BCUT2D eigenvalue weighted by Crippen LogP contribution is 1.95. The first-order valence-electron chi connectivity index (χ1n) is 9.67. The van der Waals surface area contributed by atoms with Crippen LogP contribution in [0.5, 0.6) is 0 Å². The smallest absolute Gasteiger partial charge is 0.372 e. The van der Waals surface area contributed by atoms with Gasteiger partial charge in [0.25, 0.3) is 0 Å². The molecule has 2 unspecified atom stereocenters. The second kappa shape index (κ2) is 25.6. The van der Waals surface area contributed by atoms with Crippen LogP contribution in [-0.2, 0) is 24.0 Å². The molecule has 0 heterocycles. The maximum absolute atomic E-state index is 10.2. The van der Waals surface area contributed by atoms with E-state index in [-0.39, 0.29) is 22.9 Å². The molecule has 0 saturated heterocycles. The Morgan fingerprint density at radius 1 is 0.639 bits per heavy atom. The molecule has 0 rings (SSSR count). The van der Waals surface area contributed by atoms with Crippen molar-refractivity contribution >= 4 is 41.6 Å². The van der Waals surface area contributed by atoms with Crippen molar-refractivity contribution in [3.8, 4) is 0 Å². The van der Waals surface area contributed by atoms with Gasteiger partial charge in [-0.2, -0.15) is 0 Å². The fourth-order valence-corrected chi connectivity index (χ4v) is 1.61. The van der Waals surface area contributed by atoms with Gasteiger partial charge in [-0.3, -0.25) is 29.2 Å². The monoisotopic (exact) mass is 530 g/mol. The van der Waals surface area contributed by atoms with Gasteiger partial charge in [-0.25, -0.2) is 4.79 Å². The van der Waals surface area contributed by atoms with Gasteiger partial charge in [-0.15, -0.1) is 0 Å². The van der Waals surface area contributed by atoms with E-state index in [1.807, 2.05) is 0 Å². The van der Waals surface area contributed by atoms with E-state index < -0.39 is 54.6 Å². The largest absolute Gasteiger partial charge is 0.481 e. The summed E-state index contributed by atoms with van der Waals surface area (Å²) in [6, 6.07) is -1.64. The van der Waals surface area contributed by atoms with Crippen LogP contribution in [0.2, 0.25) is 0 Å². The van der Waals surface area contributed by atoms with Crippen molar-refractivity contribution in [1.82, 2.24) is 0 Å². The van der Waals surface area contributed by atoms with Crippen LogP contribution in [0.4, 0.5) is 0 Å². The lowest BCUT2D eigenvalue weighted by Crippen LogP contribution is -2.30. The second-order valence-electron chi connectivity index (χ2n) is 6.41. The van der Waals surface area contributed by atoms with E-state index in [1.54, 1.807) is 0 Å². The molecule has 0 aromatic heterocycles. The first-order chi connectivity index (χ1) is 15.6. The Balaban J connectivity index is -0.000000130. The molecule has 212 valence electrons. The third-order valence-corrected chi connectivity index (χ3v) is 3.37. The first-order valence-corrected chi connectivity index (χ1v) is 9.67. The zero-order valence-corrected chi connectivity index (χ0v) is 19.5. The first kappa shape index (κ1) is 42.1. The molecule has 2 atom stereocenters. The Morgan fingerprint density at radius 3 is 1.19 bits per heavy atom. The Hall–Kier alpha value is -4.07. The Bertz CT molecular complexity index is 683. The number of aliphatic carboxylic acids is 4. The number of hydrogen-bond donors (Lipinski definition) is 10. The molecule has 0 aliphatic carbocycles. The van der Waals surface area contributed by atoms with Gasteiger partial charge < -0.3 is 65.8 Å². The van der Waals surface area contributed by atoms with Crippen LogP contribution in [0, 0.1) is 0 Å². The second-order valence-corrected chi connectivity index (χ2v) is 6.41. The Morgan fingerprint density at radius 2 is 0.972 bits per heavy atom. The van der Waals surface area contributed by atoms with E-state index in [9.17, 15) is 24.0 Å². The quantitative estimate of drug-likeness (QED) is 0.0433. The van der Waals surface area contributed by atoms with E-state index in [0.717, 1.165) is 0 Å². The van der Waals surface area contributed by atoms with Crippen LogP contribution in [0.1, 0.15) is 38.5 Å². The highest BCUT2D eigenvalue weighted by molar-refractivity contribution is 6.32. The number of ketones is 1. The van der Waals surface area contributed by atoms with Crippen molar-refractivity contribution in [2.45, 2.75) is 50.6 Å². The number of nitrogens with zero attached hydrogens (tertiary/aromatic N) is 2. The number of carbonyl (C=O) groups is 5. The number of nitrogens with two attached hydrogens (primary N) is 6. The number of carbonyl (C=O) groups excluding carboxylic acids is 1. The molecule has 0 saturated carbocycles. The standard InChI is InChI=1S/2C6H14N4O2.C5H6O5.2H2O/c2*7-4(5(11)12)2-1-3-10-6(8)9;6-3(5(9)10)1-2-4(7)8;;/h2*4H,1-3,7H2,(H,11,12)(H4,8,9,10);1-2H2,(H,7,8)(H,9,10);2*1H2. The molecule has 0 amide bonds. The van der Waals surface area contributed by atoms with E-state index in [0.29, 0.717) is 38.8 Å². The lowest BCUT2D eigenvalue weighted by atomic mass is 10.2. The number of guanidine groups is 2. The van der Waals surface area contributed by atoms with Crippen LogP contribution in [-0.4, -0.2) is 98.1 Å². The predicted molar refractivity (Wildman–Crippen MR) is 128 cm³/mol. The maximum atomic E-state index is 10.2. The fraction of sp³-hybridized carbons (Fsp3) is 0.588.